The first-order valence-electron chi connectivity index (χ1n) is 12.3. The molecule has 2 fully saturated rings. The van der Waals surface area contributed by atoms with Gasteiger partial charge in [0, 0.05) is 30.0 Å². The van der Waals surface area contributed by atoms with Crippen LogP contribution in [0.5, 0.6) is 0 Å². The number of hydrogen-bond acceptors (Lipinski definition) is 7. The van der Waals surface area contributed by atoms with Crippen molar-refractivity contribution in [2.45, 2.75) is 63.6 Å². The number of nitrogens with zero attached hydrogens (tertiary/aromatic N) is 5. The number of ether oxygens (including phenoxy) is 2. The van der Waals surface area contributed by atoms with Crippen LogP contribution < -0.4 is 5.73 Å². The number of nitrogen functional groups attached to an aromatic ring is 1. The van der Waals surface area contributed by atoms with E-state index in [1.54, 1.807) is 0 Å². The third-order valence-electron chi connectivity index (χ3n) is 7.29. The van der Waals surface area contributed by atoms with E-state index in [2.05, 4.69) is 24.5 Å². The van der Waals surface area contributed by atoms with Crippen LogP contribution in [0.15, 0.2) is 55.2 Å². The average molecular weight is 505 g/mol. The van der Waals surface area contributed by atoms with E-state index < -0.39 is 5.79 Å². The predicted molar refractivity (Wildman–Crippen MR) is 138 cm³/mol. The second kappa shape index (κ2) is 9.10. The van der Waals surface area contributed by atoms with E-state index in [9.17, 15) is 0 Å². The Labute approximate surface area is 214 Å². The third-order valence-corrected chi connectivity index (χ3v) is 7.54. The molecule has 2 N–H and O–H groups in total. The number of nitrogens with two attached hydrogens (primary N) is 1. The minimum Gasteiger partial charge on any atom is -0.383 e. The van der Waals surface area contributed by atoms with E-state index in [4.69, 9.17) is 26.8 Å². The van der Waals surface area contributed by atoms with Crippen molar-refractivity contribution in [3.63, 3.8) is 0 Å². The van der Waals surface area contributed by atoms with Crippen molar-refractivity contribution in [1.82, 2.24) is 24.5 Å². The molecule has 4 atom stereocenters. The monoisotopic (exact) mass is 504 g/mol. The van der Waals surface area contributed by atoms with Gasteiger partial charge < -0.3 is 19.8 Å². The van der Waals surface area contributed by atoms with Crippen LogP contribution in [0.25, 0.3) is 11.0 Å². The van der Waals surface area contributed by atoms with Gasteiger partial charge in [-0.1, -0.05) is 23.7 Å². The lowest BCUT2D eigenvalue weighted by molar-refractivity contribution is -0.160. The second-order valence-electron chi connectivity index (χ2n) is 10.2. The summed E-state index contributed by atoms with van der Waals surface area (Å²) < 4.78 is 15.0. The highest BCUT2D eigenvalue weighted by atomic mass is 35.5. The maximum Gasteiger partial charge on any atom is 0.163 e. The summed E-state index contributed by atoms with van der Waals surface area (Å²) in [5.41, 5.74) is 9.18. The van der Waals surface area contributed by atoms with E-state index in [1.807, 2.05) is 62.8 Å². The summed E-state index contributed by atoms with van der Waals surface area (Å²) in [6.45, 7) is 3.97. The van der Waals surface area contributed by atoms with Gasteiger partial charge in [-0.15, -0.1) is 0 Å². The second-order valence-corrected chi connectivity index (χ2v) is 10.6. The molecule has 186 valence electrons. The highest BCUT2D eigenvalue weighted by Gasteiger charge is 2.54. The molecular weight excluding hydrogens is 476 g/mol. The molecule has 0 bridgehead atoms. The molecule has 9 heteroatoms. The predicted octanol–water partition coefficient (Wildman–Crippen LogP) is 4.76. The van der Waals surface area contributed by atoms with E-state index >= 15 is 0 Å². The standard InChI is InChI=1S/C27H29ClN6O2/c1-27(2)35-23-18(6-3-17-13-30-22(31-14-17)11-16-4-7-19(28)8-5-16)12-21(24(23)36-27)34-10-9-20-25(29)32-15-33-26(20)34/h4-5,7-10,13-15,18,21,23-24H,3,6,11-12H2,1-2H3,(H2,29,32,33)/t18-,21+,23+,24-/m0/s1. The lowest BCUT2D eigenvalue weighted by atomic mass is 9.97. The SMILES string of the molecule is CC1(C)O[C@@H]2[C@@H](CCc3cnc(Cc4ccc(Cl)cc4)nc3)C[C@@H](n3ccc4c(N)ncnc43)[C@@H]2O1. The normalized spacial score (nSPS) is 24.9. The summed E-state index contributed by atoms with van der Waals surface area (Å²) in [6.07, 6.45) is 10.9. The minimum absolute atomic E-state index is 0.0201. The zero-order valence-corrected chi connectivity index (χ0v) is 21.1. The summed E-state index contributed by atoms with van der Waals surface area (Å²) in [6, 6.07) is 9.89. The Morgan fingerprint density at radius 3 is 2.53 bits per heavy atom. The number of hydrogen-bond donors (Lipinski definition) is 1. The number of halogens is 1. The van der Waals surface area contributed by atoms with Crippen molar-refractivity contribution in [3.8, 4) is 0 Å². The summed E-state index contributed by atoms with van der Waals surface area (Å²) in [7, 11) is 0. The Morgan fingerprint density at radius 2 is 1.75 bits per heavy atom. The highest BCUT2D eigenvalue weighted by molar-refractivity contribution is 6.30. The molecule has 8 nitrogen and oxygen atoms in total. The molecule has 1 aliphatic heterocycles. The van der Waals surface area contributed by atoms with Crippen molar-refractivity contribution in [2.24, 2.45) is 5.92 Å². The first-order valence-corrected chi connectivity index (χ1v) is 12.7. The molecule has 3 aromatic heterocycles. The first kappa shape index (κ1) is 23.3. The number of aromatic nitrogens is 5. The van der Waals surface area contributed by atoms with Crippen molar-refractivity contribution in [3.05, 3.63) is 77.2 Å². The summed E-state index contributed by atoms with van der Waals surface area (Å²) in [5.74, 6) is 1.02. The van der Waals surface area contributed by atoms with E-state index in [1.165, 1.54) is 6.33 Å². The number of rotatable bonds is 6. The van der Waals surface area contributed by atoms with Crippen LogP contribution in [0.1, 0.15) is 49.7 Å². The van der Waals surface area contributed by atoms with Crippen LogP contribution in [0.4, 0.5) is 5.82 Å². The molecule has 1 saturated carbocycles. The van der Waals surface area contributed by atoms with Gasteiger partial charge in [-0.05, 0) is 68.4 Å². The summed E-state index contributed by atoms with van der Waals surface area (Å²) in [5, 5.41) is 1.60. The zero-order chi connectivity index (χ0) is 24.9. The van der Waals surface area contributed by atoms with Gasteiger partial charge in [0.05, 0.1) is 17.5 Å². The van der Waals surface area contributed by atoms with Crippen LogP contribution in [0.3, 0.4) is 0 Å². The summed E-state index contributed by atoms with van der Waals surface area (Å²) >= 11 is 5.98. The fraction of sp³-hybridized carbons (Fsp3) is 0.407. The number of benzene rings is 1. The lowest BCUT2D eigenvalue weighted by Crippen LogP contribution is -2.27. The molecule has 4 aromatic rings. The Bertz CT molecular complexity index is 1370. The summed E-state index contributed by atoms with van der Waals surface area (Å²) in [4.78, 5) is 17.8. The molecule has 6 rings (SSSR count). The maximum absolute atomic E-state index is 6.40. The molecule has 36 heavy (non-hydrogen) atoms. The topological polar surface area (TPSA) is 101 Å². The molecular formula is C27H29ClN6O2. The molecule has 2 aliphatic rings. The molecule has 4 heterocycles. The van der Waals surface area contributed by atoms with Gasteiger partial charge in [0.25, 0.3) is 0 Å². The van der Waals surface area contributed by atoms with Crippen molar-refractivity contribution in [1.29, 1.82) is 0 Å². The van der Waals surface area contributed by atoms with E-state index in [0.29, 0.717) is 18.2 Å². The largest absolute Gasteiger partial charge is 0.383 e. The van der Waals surface area contributed by atoms with Crippen molar-refractivity contribution < 1.29 is 9.47 Å². The van der Waals surface area contributed by atoms with E-state index in [-0.39, 0.29) is 18.2 Å². The smallest absolute Gasteiger partial charge is 0.163 e. The zero-order valence-electron chi connectivity index (χ0n) is 20.3. The quantitative estimate of drug-likeness (QED) is 0.404. The lowest BCUT2D eigenvalue weighted by Gasteiger charge is -2.24. The fourth-order valence-corrected chi connectivity index (χ4v) is 5.73. The number of aryl methyl sites for hydroxylation is 1. The van der Waals surface area contributed by atoms with Gasteiger partial charge in [-0.2, -0.15) is 0 Å². The highest BCUT2D eigenvalue weighted by Crippen LogP contribution is 2.49. The third kappa shape index (κ3) is 4.45. The number of anilines is 1. The molecule has 0 radical (unpaired) electrons. The van der Waals surface area contributed by atoms with E-state index in [0.717, 1.165) is 52.3 Å². The molecule has 0 unspecified atom stereocenters. The maximum atomic E-state index is 6.40. The Hall–Kier alpha value is -3.07. The van der Waals surface area contributed by atoms with Crippen molar-refractivity contribution in [2.75, 3.05) is 5.73 Å². The molecule has 0 amide bonds. The average Bonchev–Trinajstić information content (AvgIpc) is 3.52. The molecule has 1 saturated heterocycles. The van der Waals surface area contributed by atoms with Gasteiger partial charge in [-0.3, -0.25) is 0 Å². The van der Waals surface area contributed by atoms with Crippen LogP contribution in [-0.2, 0) is 22.3 Å². The Kier molecular flexibility index (Phi) is 5.90. The van der Waals surface area contributed by atoms with Gasteiger partial charge in [0.2, 0.25) is 0 Å². The molecule has 1 aromatic carbocycles. The van der Waals surface area contributed by atoms with Gasteiger partial charge in [0.15, 0.2) is 5.79 Å². The minimum atomic E-state index is -0.615. The van der Waals surface area contributed by atoms with Crippen LogP contribution >= 0.6 is 11.6 Å². The Balaban J connectivity index is 1.16. The van der Waals surface area contributed by atoms with Crippen LogP contribution in [0, 0.1) is 5.92 Å². The fourth-order valence-electron chi connectivity index (χ4n) is 5.61. The first-order chi connectivity index (χ1) is 17.4. The number of fused-ring (bicyclic) bond motifs is 2. The van der Waals surface area contributed by atoms with Crippen molar-refractivity contribution >= 4 is 28.5 Å². The Morgan fingerprint density at radius 1 is 1.00 bits per heavy atom. The van der Waals surface area contributed by atoms with Gasteiger partial charge >= 0.3 is 0 Å². The molecule has 0 spiro atoms. The molecule has 1 aliphatic carbocycles. The van der Waals surface area contributed by atoms with Gasteiger partial charge in [-0.25, -0.2) is 19.9 Å². The van der Waals surface area contributed by atoms with Crippen LogP contribution in [-0.4, -0.2) is 42.5 Å². The van der Waals surface area contributed by atoms with Gasteiger partial charge in [0.1, 0.15) is 29.7 Å². The van der Waals surface area contributed by atoms with Crippen LogP contribution in [0.2, 0.25) is 5.02 Å².